The molecule has 0 atom stereocenters. The van der Waals surface area contributed by atoms with Gasteiger partial charge in [0.1, 0.15) is 7.85 Å². The van der Waals surface area contributed by atoms with Crippen molar-refractivity contribution in [2.75, 3.05) is 13.2 Å². The number of hydrogen-bond acceptors (Lipinski definition) is 3. The van der Waals surface area contributed by atoms with Crippen molar-refractivity contribution in [1.29, 1.82) is 0 Å². The van der Waals surface area contributed by atoms with Crippen molar-refractivity contribution in [3.63, 3.8) is 0 Å². The van der Waals surface area contributed by atoms with Crippen molar-refractivity contribution in [2.45, 2.75) is 25.3 Å². The Hall–Kier alpha value is -2.92. The normalized spacial score (nSPS) is 15.2. The molecule has 1 aromatic heterocycles. The van der Waals surface area contributed by atoms with Gasteiger partial charge >= 0.3 is 0 Å². The van der Waals surface area contributed by atoms with Gasteiger partial charge in [0, 0.05) is 24.6 Å². The third-order valence-electron chi connectivity index (χ3n) is 5.81. The Kier molecular flexibility index (Phi) is 4.68. The van der Waals surface area contributed by atoms with Crippen LogP contribution >= 0.6 is 0 Å². The number of aromatic nitrogens is 2. The van der Waals surface area contributed by atoms with Crippen molar-refractivity contribution < 1.29 is 4.74 Å². The summed E-state index contributed by atoms with van der Waals surface area (Å²) in [7, 11) is 5.97. The summed E-state index contributed by atoms with van der Waals surface area (Å²) < 4.78 is 7.25. The van der Waals surface area contributed by atoms with E-state index in [0.717, 1.165) is 45.7 Å². The van der Waals surface area contributed by atoms with E-state index in [0.29, 0.717) is 25.0 Å². The van der Waals surface area contributed by atoms with Crippen LogP contribution in [0.1, 0.15) is 30.0 Å². The van der Waals surface area contributed by atoms with Gasteiger partial charge in [0.2, 0.25) is 0 Å². The quantitative estimate of drug-likeness (QED) is 0.405. The molecule has 5 rings (SSSR count). The topological polar surface area (TPSA) is 44.1 Å². The lowest BCUT2D eigenvalue weighted by atomic mass is 9.91. The zero-order valence-corrected chi connectivity index (χ0v) is 16.2. The summed E-state index contributed by atoms with van der Waals surface area (Å²) in [5.74, 6) is 0. The van der Waals surface area contributed by atoms with Gasteiger partial charge in [0.15, 0.2) is 0 Å². The average Bonchev–Trinajstić information content (AvgIpc) is 2.75. The summed E-state index contributed by atoms with van der Waals surface area (Å²) in [6.45, 7) is 1.38. The lowest BCUT2D eigenvalue weighted by molar-refractivity contribution is 0.0685. The molecule has 1 aliphatic heterocycles. The Morgan fingerprint density at radius 1 is 1.00 bits per heavy atom. The van der Waals surface area contributed by atoms with Crippen molar-refractivity contribution in [3.8, 4) is 0 Å². The highest BCUT2D eigenvalue weighted by Gasteiger charge is 2.19. The third kappa shape index (κ3) is 3.36. The van der Waals surface area contributed by atoms with Gasteiger partial charge in [0.05, 0.1) is 17.2 Å². The lowest BCUT2D eigenvalue weighted by Crippen LogP contribution is -2.29. The molecule has 142 valence electrons. The third-order valence-corrected chi connectivity index (χ3v) is 5.81. The first kappa shape index (κ1) is 18.1. The largest absolute Gasteiger partial charge is 0.381 e. The predicted octanol–water partition coefficient (Wildman–Crippen LogP) is 3.29. The second-order valence-electron chi connectivity index (χ2n) is 7.70. The fourth-order valence-electron chi connectivity index (χ4n) is 4.34. The van der Waals surface area contributed by atoms with Gasteiger partial charge in [-0.3, -0.25) is 9.36 Å². The lowest BCUT2D eigenvalue weighted by Gasteiger charge is -2.24. The van der Waals surface area contributed by atoms with E-state index >= 15 is 0 Å². The van der Waals surface area contributed by atoms with E-state index in [2.05, 4.69) is 12.1 Å². The number of nitrogens with zero attached hydrogens (tertiary/aromatic N) is 2. The first-order chi connectivity index (χ1) is 14.2. The van der Waals surface area contributed by atoms with Gasteiger partial charge in [-0.25, -0.2) is 4.98 Å². The fourth-order valence-corrected chi connectivity index (χ4v) is 4.34. The van der Waals surface area contributed by atoms with Crippen LogP contribution in [0.25, 0.3) is 21.7 Å². The van der Waals surface area contributed by atoms with Crippen LogP contribution in [0, 0.1) is 0 Å². The predicted molar refractivity (Wildman–Crippen MR) is 117 cm³/mol. The molecule has 3 aromatic carbocycles. The Morgan fingerprint density at radius 2 is 1.79 bits per heavy atom. The first-order valence-corrected chi connectivity index (χ1v) is 10.0. The molecule has 0 bridgehead atoms. The highest BCUT2D eigenvalue weighted by molar-refractivity contribution is 6.32. The molecule has 0 amide bonds. The van der Waals surface area contributed by atoms with Crippen LogP contribution in [0.2, 0.25) is 0 Å². The number of fused-ring (bicyclic) bond motifs is 3. The molecule has 4 aromatic rings. The molecule has 5 heteroatoms. The summed E-state index contributed by atoms with van der Waals surface area (Å²) in [5.41, 5.74) is 3.79. The second kappa shape index (κ2) is 7.49. The molecule has 4 nitrogen and oxygen atoms in total. The van der Waals surface area contributed by atoms with E-state index in [1.54, 1.807) is 10.9 Å². The molecular weight excluding hydrogens is 359 g/mol. The van der Waals surface area contributed by atoms with Crippen molar-refractivity contribution >= 4 is 35.0 Å². The smallest absolute Gasteiger partial charge is 0.261 e. The highest BCUT2D eigenvalue weighted by atomic mass is 16.5. The minimum absolute atomic E-state index is 0.0291. The molecule has 2 heterocycles. The van der Waals surface area contributed by atoms with Crippen molar-refractivity contribution in [1.82, 2.24) is 9.55 Å². The average molecular weight is 380 g/mol. The van der Waals surface area contributed by atoms with Gasteiger partial charge in [-0.1, -0.05) is 54.0 Å². The zero-order chi connectivity index (χ0) is 19.8. The molecule has 2 radical (unpaired) electrons. The number of benzene rings is 3. The summed E-state index contributed by atoms with van der Waals surface area (Å²) in [6.07, 6.45) is 4.12. The maximum atomic E-state index is 13.4. The molecule has 0 N–H and O–H groups in total. The number of ether oxygens (including phenoxy) is 1. The van der Waals surface area contributed by atoms with Crippen LogP contribution < -0.4 is 11.0 Å². The monoisotopic (exact) mass is 380 g/mol. The van der Waals surface area contributed by atoms with E-state index in [1.807, 2.05) is 42.5 Å². The van der Waals surface area contributed by atoms with Crippen LogP contribution in [0.5, 0.6) is 0 Å². The van der Waals surface area contributed by atoms with Gasteiger partial charge in [-0.15, -0.1) is 0 Å². The molecule has 0 aliphatic carbocycles. The van der Waals surface area contributed by atoms with Crippen LogP contribution in [-0.2, 0) is 11.2 Å². The van der Waals surface area contributed by atoms with E-state index in [9.17, 15) is 4.79 Å². The Balaban J connectivity index is 1.71. The summed E-state index contributed by atoms with van der Waals surface area (Å²) >= 11 is 0. The van der Waals surface area contributed by atoms with Crippen LogP contribution in [-0.4, -0.2) is 30.6 Å². The standard InChI is InChI=1S/C24H21BN2O2/c25-18-5-3-4-16(13-18)12-17-14-22-23(21-7-2-1-6-20(17)21)26-15-27(24(22)28)19-8-10-29-11-9-19/h1-7,13-15,19H,8-12H2. The Morgan fingerprint density at radius 3 is 2.59 bits per heavy atom. The summed E-state index contributed by atoms with van der Waals surface area (Å²) in [4.78, 5) is 18.1. The van der Waals surface area contributed by atoms with Gasteiger partial charge in [-0.2, -0.15) is 0 Å². The molecule has 29 heavy (non-hydrogen) atoms. The summed E-state index contributed by atoms with van der Waals surface area (Å²) in [5, 5.41) is 2.81. The van der Waals surface area contributed by atoms with Gasteiger partial charge < -0.3 is 4.74 Å². The van der Waals surface area contributed by atoms with Gasteiger partial charge in [0.25, 0.3) is 5.56 Å². The number of hydrogen-bond donors (Lipinski definition) is 0. The molecule has 0 unspecified atom stereocenters. The van der Waals surface area contributed by atoms with E-state index in [-0.39, 0.29) is 11.6 Å². The SMILES string of the molecule is [B]c1cccc(Cc2cc3c(=O)n(C4CCOCC4)cnc3c3ccccc23)c1. The first-order valence-electron chi connectivity index (χ1n) is 10.0. The molecular formula is C24H21BN2O2. The Bertz CT molecular complexity index is 1260. The minimum atomic E-state index is 0.0291. The Labute approximate surface area is 170 Å². The molecule has 1 fully saturated rings. The molecule has 1 aliphatic rings. The van der Waals surface area contributed by atoms with Crippen LogP contribution in [0.3, 0.4) is 0 Å². The van der Waals surface area contributed by atoms with E-state index in [1.165, 1.54) is 0 Å². The zero-order valence-electron chi connectivity index (χ0n) is 16.2. The second-order valence-corrected chi connectivity index (χ2v) is 7.70. The summed E-state index contributed by atoms with van der Waals surface area (Å²) in [6, 6.07) is 18.3. The van der Waals surface area contributed by atoms with E-state index < -0.39 is 0 Å². The maximum absolute atomic E-state index is 13.4. The molecule has 1 saturated heterocycles. The maximum Gasteiger partial charge on any atom is 0.261 e. The minimum Gasteiger partial charge on any atom is -0.381 e. The van der Waals surface area contributed by atoms with Crippen molar-refractivity contribution in [2.24, 2.45) is 0 Å². The van der Waals surface area contributed by atoms with E-state index in [4.69, 9.17) is 17.6 Å². The number of rotatable bonds is 3. The van der Waals surface area contributed by atoms with Gasteiger partial charge in [-0.05, 0) is 41.8 Å². The van der Waals surface area contributed by atoms with Crippen LogP contribution in [0.4, 0.5) is 0 Å². The fraction of sp³-hybridized carbons (Fsp3) is 0.250. The highest BCUT2D eigenvalue weighted by Crippen LogP contribution is 2.28. The molecule has 0 saturated carbocycles. The molecule has 0 spiro atoms. The van der Waals surface area contributed by atoms with Crippen LogP contribution in [0.15, 0.2) is 65.7 Å². The van der Waals surface area contributed by atoms with Crippen molar-refractivity contribution in [3.05, 3.63) is 82.4 Å².